The van der Waals surface area contributed by atoms with Crippen LogP contribution in [0.1, 0.15) is 13.8 Å². The first-order valence-electron chi connectivity index (χ1n) is 1.82. The van der Waals surface area contributed by atoms with Crippen LogP contribution in [0.15, 0.2) is 0 Å². The second-order valence-electron chi connectivity index (χ2n) is 0.983. The summed E-state index contributed by atoms with van der Waals surface area (Å²) in [5.74, 6) is -2.17. The summed E-state index contributed by atoms with van der Waals surface area (Å²) in [6.07, 6.45) is 0. The predicted octanol–water partition coefficient (Wildman–Crippen LogP) is -2.87. The average Bonchev–Trinajstić information content (AvgIpc) is 1.25. The van der Waals surface area contributed by atoms with E-state index in [0.717, 1.165) is 13.8 Å². The van der Waals surface area contributed by atoms with E-state index in [1.165, 1.54) is 0 Å². The molecule has 0 atom stereocenters. The van der Waals surface area contributed by atoms with Crippen LogP contribution in [0.3, 0.4) is 0 Å². The minimum Gasteiger partial charge on any atom is -0.550 e. The van der Waals surface area contributed by atoms with Crippen LogP contribution in [0.4, 0.5) is 0 Å². The quantitative estimate of drug-likeness (QED) is 0.391. The summed E-state index contributed by atoms with van der Waals surface area (Å²) in [7, 11) is 0. The Hall–Kier alpha value is -0.541. The smallest absolute Gasteiger partial charge is 0.550 e. The molecule has 0 rings (SSSR count). The van der Waals surface area contributed by atoms with Gasteiger partial charge in [-0.05, 0) is 13.8 Å². The summed E-state index contributed by atoms with van der Waals surface area (Å²) >= 11 is 0. The van der Waals surface area contributed by atoms with Gasteiger partial charge in [-0.1, -0.05) is 0 Å². The molecule has 0 aliphatic rings. The summed E-state index contributed by atoms with van der Waals surface area (Å²) < 4.78 is 0. The normalized spacial score (nSPS) is 5.56. The van der Waals surface area contributed by atoms with Crippen molar-refractivity contribution in [3.63, 3.8) is 0 Å². The van der Waals surface area contributed by atoms with Crippen LogP contribution in [-0.2, 0) is 9.59 Å². The number of carbonyl (C=O) groups is 2. The molecular weight excluding hydrogens is 191 g/mol. The molecule has 4 radical (unpaired) electrons. The van der Waals surface area contributed by atoms with Gasteiger partial charge in [-0.25, -0.2) is 0 Å². The molecule has 0 saturated heterocycles. The minimum atomic E-state index is -1.08. The van der Waals surface area contributed by atoms with Crippen molar-refractivity contribution in [1.29, 1.82) is 0 Å². The summed E-state index contributed by atoms with van der Waals surface area (Å²) in [6.45, 7) is 1.94. The van der Waals surface area contributed by atoms with Gasteiger partial charge >= 0.3 is 17.1 Å². The molecule has 52 valence electrons. The fourth-order valence-electron chi connectivity index (χ4n) is 0. The number of hydrogen-bond donors (Lipinski definition) is 0. The summed E-state index contributed by atoms with van der Waals surface area (Å²) in [4.78, 5) is 17.8. The van der Waals surface area contributed by atoms with Crippen molar-refractivity contribution < 1.29 is 19.8 Å². The number of aliphatic carboxylic acids is 2. The molecule has 5 heteroatoms. The van der Waals surface area contributed by atoms with Gasteiger partial charge in [0, 0.05) is 11.9 Å². The van der Waals surface area contributed by atoms with E-state index >= 15 is 0 Å². The van der Waals surface area contributed by atoms with E-state index in [0.29, 0.717) is 0 Å². The van der Waals surface area contributed by atoms with Crippen LogP contribution in [0.25, 0.3) is 0 Å². The second-order valence-corrected chi connectivity index (χ2v) is 0.983. The molecule has 9 heavy (non-hydrogen) atoms. The van der Waals surface area contributed by atoms with E-state index in [1.54, 1.807) is 0 Å². The number of carboxylic acids is 2. The molecule has 0 saturated carbocycles. The molecule has 0 aliphatic carbocycles. The van der Waals surface area contributed by atoms with Crippen LogP contribution in [0.2, 0.25) is 0 Å². The molecule has 0 unspecified atom stereocenters. The Morgan fingerprint density at radius 3 is 1.00 bits per heavy atom. The average molecular weight is 197 g/mol. The predicted molar refractivity (Wildman–Crippen MR) is 27.1 cm³/mol. The van der Waals surface area contributed by atoms with E-state index in [-0.39, 0.29) is 17.1 Å². The van der Waals surface area contributed by atoms with Gasteiger partial charge in [-0.3, -0.25) is 0 Å². The van der Waals surface area contributed by atoms with Gasteiger partial charge in [-0.15, -0.1) is 0 Å². The van der Waals surface area contributed by atoms with Crippen molar-refractivity contribution in [1.82, 2.24) is 0 Å². The van der Waals surface area contributed by atoms with Crippen molar-refractivity contribution in [3.8, 4) is 0 Å². The van der Waals surface area contributed by atoms with Gasteiger partial charge < -0.3 is 19.8 Å². The van der Waals surface area contributed by atoms with Gasteiger partial charge in [0.25, 0.3) is 0 Å². The van der Waals surface area contributed by atoms with E-state index in [4.69, 9.17) is 19.8 Å². The van der Waals surface area contributed by atoms with E-state index < -0.39 is 11.9 Å². The molecule has 4 nitrogen and oxygen atoms in total. The topological polar surface area (TPSA) is 80.3 Å². The third kappa shape index (κ3) is 761. The zero-order valence-electron chi connectivity index (χ0n) is 5.04. The molecule has 0 heterocycles. The second kappa shape index (κ2) is 10.4. The number of carboxylic acid groups (broad SMARTS) is 2. The first-order chi connectivity index (χ1) is 3.46. The standard InChI is InChI=1S/2C2H4O2.Se/c2*1-2(3)4;/h2*1H3,(H,3,4);/q;;+2/p-2. The zero-order valence-corrected chi connectivity index (χ0v) is 6.75. The molecule has 0 aromatic carbocycles. The van der Waals surface area contributed by atoms with Crippen LogP contribution >= 0.6 is 0 Å². The third-order valence-corrected chi connectivity index (χ3v) is 0. The molecule has 0 fully saturated rings. The monoisotopic (exact) mass is 198 g/mol. The van der Waals surface area contributed by atoms with E-state index in [1.807, 2.05) is 0 Å². The van der Waals surface area contributed by atoms with Crippen molar-refractivity contribution in [2.24, 2.45) is 0 Å². The Balaban J connectivity index is -0.0000000720. The summed E-state index contributed by atoms with van der Waals surface area (Å²) in [6, 6.07) is 0. The summed E-state index contributed by atoms with van der Waals surface area (Å²) in [5.41, 5.74) is 0. The van der Waals surface area contributed by atoms with Crippen molar-refractivity contribution in [2.45, 2.75) is 13.8 Å². The molecule has 0 aromatic heterocycles. The number of rotatable bonds is 0. The first kappa shape index (κ1) is 15.8. The molecule has 0 N–H and O–H groups in total. The maximum absolute atomic E-state index is 8.89. The van der Waals surface area contributed by atoms with E-state index in [9.17, 15) is 0 Å². The van der Waals surface area contributed by atoms with Crippen LogP contribution < -0.4 is 10.2 Å². The SMILES string of the molecule is CC(=O)[O-].CC(=O)[O-].[Se+2]. The van der Waals surface area contributed by atoms with Gasteiger partial charge in [0.05, 0.1) is 0 Å². The molecule has 0 aromatic rings. The maximum Gasteiger partial charge on any atom is 2.00 e. The first-order valence-corrected chi connectivity index (χ1v) is 1.82. The largest absolute Gasteiger partial charge is 2.00 e. The Morgan fingerprint density at radius 1 is 1.00 bits per heavy atom. The third-order valence-electron chi connectivity index (χ3n) is 0. The van der Waals surface area contributed by atoms with Crippen LogP contribution in [0.5, 0.6) is 0 Å². The van der Waals surface area contributed by atoms with Gasteiger partial charge in [-0.2, -0.15) is 0 Å². The van der Waals surface area contributed by atoms with Crippen molar-refractivity contribution in [2.75, 3.05) is 0 Å². The van der Waals surface area contributed by atoms with Crippen molar-refractivity contribution in [3.05, 3.63) is 0 Å². The molecular formula is C4H6O4Se. The Morgan fingerprint density at radius 2 is 1.00 bits per heavy atom. The van der Waals surface area contributed by atoms with Gasteiger partial charge in [0.1, 0.15) is 0 Å². The van der Waals surface area contributed by atoms with Crippen molar-refractivity contribution >= 4 is 29.0 Å². The molecule has 0 spiro atoms. The van der Waals surface area contributed by atoms with Crippen LogP contribution in [0, 0.1) is 0 Å². The fraction of sp³-hybridized carbons (Fsp3) is 0.500. The maximum atomic E-state index is 8.89. The Labute approximate surface area is 63.3 Å². The van der Waals surface area contributed by atoms with Crippen LogP contribution in [-0.4, -0.2) is 29.0 Å². The Bertz CT molecular complexity index is 70.6. The fourth-order valence-corrected chi connectivity index (χ4v) is 0. The number of hydrogen-bond acceptors (Lipinski definition) is 4. The molecule has 0 amide bonds. The van der Waals surface area contributed by atoms with E-state index in [2.05, 4.69) is 0 Å². The van der Waals surface area contributed by atoms with Gasteiger partial charge in [0.2, 0.25) is 0 Å². The minimum absolute atomic E-state index is 0. The molecule has 0 aliphatic heterocycles. The summed E-state index contributed by atoms with van der Waals surface area (Å²) in [5, 5.41) is 17.8. The van der Waals surface area contributed by atoms with Gasteiger partial charge in [0.15, 0.2) is 0 Å². The number of carbonyl (C=O) groups excluding carboxylic acids is 2. The Kier molecular flexibility index (Phi) is 18.3. The zero-order chi connectivity index (χ0) is 7.15. The molecule has 0 bridgehead atoms.